The number of hydrogen-bond acceptors (Lipinski definition) is 6. The number of hydrogen-bond donors (Lipinski definition) is 2. The molecule has 7 nitrogen and oxygen atoms in total. The Morgan fingerprint density at radius 1 is 1.39 bits per heavy atom. The molecule has 0 aliphatic carbocycles. The molecule has 1 unspecified atom stereocenters. The molecular weight excluding hydrogens is 489 g/mol. The van der Waals surface area contributed by atoms with Gasteiger partial charge in [0, 0.05) is 13.6 Å². The number of ether oxygens (including phenoxy) is 1. The first kappa shape index (κ1) is 23.8. The molecule has 0 fully saturated rings. The van der Waals surface area contributed by atoms with Crippen molar-refractivity contribution in [2.45, 2.75) is 33.4 Å². The zero-order chi connectivity index (χ0) is 19.8. The van der Waals surface area contributed by atoms with Crippen LogP contribution >= 0.6 is 35.3 Å². The maximum absolute atomic E-state index is 12.0. The molecular formula is C19H24IN5O2S. The zero-order valence-electron chi connectivity index (χ0n) is 16.3. The van der Waals surface area contributed by atoms with Gasteiger partial charge in [-0.15, -0.1) is 35.3 Å². The van der Waals surface area contributed by atoms with E-state index in [-0.39, 0.29) is 36.0 Å². The average Bonchev–Trinajstić information content (AvgIpc) is 3.07. The molecule has 0 amide bonds. The van der Waals surface area contributed by atoms with Gasteiger partial charge in [0.05, 0.1) is 30.0 Å². The Balaban J connectivity index is 0.00000392. The molecule has 0 saturated heterocycles. The molecule has 1 aromatic carbocycles. The number of benzene rings is 1. The van der Waals surface area contributed by atoms with E-state index in [9.17, 15) is 4.79 Å². The molecule has 150 valence electrons. The second kappa shape index (κ2) is 11.6. The van der Waals surface area contributed by atoms with Crippen LogP contribution in [0.4, 0.5) is 0 Å². The molecule has 0 spiro atoms. The Morgan fingerprint density at radius 3 is 2.64 bits per heavy atom. The van der Waals surface area contributed by atoms with Crippen molar-refractivity contribution in [1.29, 1.82) is 5.26 Å². The second-order valence-corrected chi connectivity index (χ2v) is 6.82. The lowest BCUT2D eigenvalue weighted by Gasteiger charge is -2.16. The molecule has 1 atom stereocenters. The molecule has 1 aromatic heterocycles. The molecule has 0 bridgehead atoms. The van der Waals surface area contributed by atoms with Crippen LogP contribution in [0, 0.1) is 18.3 Å². The van der Waals surface area contributed by atoms with E-state index in [1.165, 1.54) is 11.3 Å². The van der Waals surface area contributed by atoms with Gasteiger partial charge < -0.3 is 15.4 Å². The van der Waals surface area contributed by atoms with Gasteiger partial charge in [-0.3, -0.25) is 4.99 Å². The number of thiazole rings is 1. The van der Waals surface area contributed by atoms with Crippen LogP contribution < -0.4 is 10.6 Å². The molecule has 2 N–H and O–H groups in total. The van der Waals surface area contributed by atoms with Gasteiger partial charge in [0.25, 0.3) is 0 Å². The molecule has 9 heteroatoms. The number of nitrogens with one attached hydrogen (secondary N) is 2. The minimum absolute atomic E-state index is 0. The molecule has 0 saturated carbocycles. The first-order valence-corrected chi connectivity index (χ1v) is 9.40. The summed E-state index contributed by atoms with van der Waals surface area (Å²) in [5.74, 6) is 0.284. The van der Waals surface area contributed by atoms with Gasteiger partial charge in [-0.1, -0.05) is 12.1 Å². The van der Waals surface area contributed by atoms with Crippen LogP contribution in [0.25, 0.3) is 0 Å². The summed E-state index contributed by atoms with van der Waals surface area (Å²) in [7, 11) is 1.69. The van der Waals surface area contributed by atoms with E-state index in [0.29, 0.717) is 35.2 Å². The summed E-state index contributed by atoms with van der Waals surface area (Å²) in [5, 5.41) is 16.1. The van der Waals surface area contributed by atoms with Crippen molar-refractivity contribution in [1.82, 2.24) is 15.6 Å². The Morgan fingerprint density at radius 2 is 2.07 bits per heavy atom. The highest BCUT2D eigenvalue weighted by Crippen LogP contribution is 2.24. The molecule has 1 heterocycles. The maximum Gasteiger partial charge on any atom is 0.350 e. The topological polar surface area (TPSA) is 99.4 Å². The molecule has 0 aliphatic rings. The largest absolute Gasteiger partial charge is 0.462 e. The first-order valence-electron chi connectivity index (χ1n) is 8.59. The molecule has 2 rings (SSSR count). The second-order valence-electron chi connectivity index (χ2n) is 5.79. The quantitative estimate of drug-likeness (QED) is 0.265. The number of rotatable bonds is 6. The fourth-order valence-corrected chi connectivity index (χ4v) is 3.30. The maximum atomic E-state index is 12.0. The lowest BCUT2D eigenvalue weighted by Crippen LogP contribution is -2.38. The van der Waals surface area contributed by atoms with Gasteiger partial charge in [-0.2, -0.15) is 5.26 Å². The third-order valence-corrected chi connectivity index (χ3v) is 5.08. The predicted octanol–water partition coefficient (Wildman–Crippen LogP) is 3.54. The zero-order valence-corrected chi connectivity index (χ0v) is 19.4. The monoisotopic (exact) mass is 513 g/mol. The summed E-state index contributed by atoms with van der Waals surface area (Å²) in [6.45, 7) is 6.45. The number of carbonyl (C=O) groups excluding carboxylic acids is 1. The fraction of sp³-hybridized carbons (Fsp3) is 0.368. The van der Waals surface area contributed by atoms with Crippen molar-refractivity contribution < 1.29 is 9.53 Å². The third kappa shape index (κ3) is 6.45. The van der Waals surface area contributed by atoms with Crippen LogP contribution in [0.5, 0.6) is 0 Å². The minimum atomic E-state index is -0.339. The van der Waals surface area contributed by atoms with Crippen molar-refractivity contribution in [2.75, 3.05) is 13.7 Å². The van der Waals surface area contributed by atoms with E-state index in [1.807, 2.05) is 19.1 Å². The highest BCUT2D eigenvalue weighted by Gasteiger charge is 2.20. The lowest BCUT2D eigenvalue weighted by atomic mass is 10.1. The van der Waals surface area contributed by atoms with Crippen LogP contribution in [0.15, 0.2) is 29.3 Å². The van der Waals surface area contributed by atoms with Crippen LogP contribution in [0.3, 0.4) is 0 Å². The number of esters is 1. The Labute approximate surface area is 186 Å². The van der Waals surface area contributed by atoms with Gasteiger partial charge in [-0.25, -0.2) is 9.78 Å². The SMILES string of the molecule is CCOC(=O)c1sc(C(C)NC(=NC)NCc2ccc(C#N)cc2)nc1C.I. The van der Waals surface area contributed by atoms with Crippen LogP contribution in [0.2, 0.25) is 0 Å². The summed E-state index contributed by atoms with van der Waals surface area (Å²) in [6, 6.07) is 9.35. The highest BCUT2D eigenvalue weighted by molar-refractivity contribution is 14.0. The van der Waals surface area contributed by atoms with Gasteiger partial charge in [0.2, 0.25) is 0 Å². The number of aryl methyl sites for hydroxylation is 1. The number of carbonyl (C=O) groups is 1. The highest BCUT2D eigenvalue weighted by atomic mass is 127. The Bertz CT molecular complexity index is 858. The Kier molecular flexibility index (Phi) is 9.89. The standard InChI is InChI=1S/C19H23N5O2S.HI/c1-5-26-18(25)16-12(2)23-17(27-16)13(3)24-19(21-4)22-11-15-8-6-14(10-20)7-9-15;/h6-9,13H,5,11H2,1-4H3,(H2,21,22,24);1H. The summed E-state index contributed by atoms with van der Waals surface area (Å²) in [5.41, 5.74) is 2.34. The number of nitriles is 1. The fourth-order valence-electron chi connectivity index (χ4n) is 2.33. The Hall–Kier alpha value is -2.19. The van der Waals surface area contributed by atoms with Crippen molar-refractivity contribution in [3.05, 3.63) is 51.0 Å². The normalized spacial score (nSPS) is 11.8. The van der Waals surface area contributed by atoms with Crippen LogP contribution in [-0.4, -0.2) is 30.6 Å². The van der Waals surface area contributed by atoms with Gasteiger partial charge in [0.15, 0.2) is 5.96 Å². The number of aliphatic imine (C=N–C) groups is 1. The number of halogens is 1. The summed E-state index contributed by atoms with van der Waals surface area (Å²) in [4.78, 5) is 21.2. The summed E-state index contributed by atoms with van der Waals surface area (Å²) < 4.78 is 5.06. The molecule has 0 aliphatic heterocycles. The van der Waals surface area contributed by atoms with Gasteiger partial charge >= 0.3 is 5.97 Å². The molecule has 28 heavy (non-hydrogen) atoms. The predicted molar refractivity (Wildman–Crippen MR) is 121 cm³/mol. The van der Waals surface area contributed by atoms with Gasteiger partial charge in [-0.05, 0) is 38.5 Å². The van der Waals surface area contributed by atoms with Crippen molar-refractivity contribution in [3.63, 3.8) is 0 Å². The average molecular weight is 513 g/mol. The van der Waals surface area contributed by atoms with E-state index < -0.39 is 0 Å². The molecule has 2 aromatic rings. The minimum Gasteiger partial charge on any atom is -0.462 e. The first-order chi connectivity index (χ1) is 13.0. The van der Waals surface area contributed by atoms with E-state index in [2.05, 4.69) is 26.7 Å². The summed E-state index contributed by atoms with van der Waals surface area (Å²) in [6.07, 6.45) is 0. The van der Waals surface area contributed by atoms with E-state index in [4.69, 9.17) is 10.00 Å². The van der Waals surface area contributed by atoms with E-state index in [0.717, 1.165) is 10.6 Å². The van der Waals surface area contributed by atoms with Crippen molar-refractivity contribution >= 4 is 47.2 Å². The smallest absolute Gasteiger partial charge is 0.350 e. The van der Waals surface area contributed by atoms with Crippen molar-refractivity contribution in [2.24, 2.45) is 4.99 Å². The van der Waals surface area contributed by atoms with E-state index >= 15 is 0 Å². The van der Waals surface area contributed by atoms with Crippen molar-refractivity contribution in [3.8, 4) is 6.07 Å². The molecule has 0 radical (unpaired) electrons. The van der Waals surface area contributed by atoms with E-state index in [1.54, 1.807) is 33.0 Å². The third-order valence-electron chi connectivity index (χ3n) is 3.76. The number of guanidine groups is 1. The van der Waals surface area contributed by atoms with Crippen LogP contribution in [0.1, 0.15) is 51.4 Å². The number of aromatic nitrogens is 1. The number of nitrogens with zero attached hydrogens (tertiary/aromatic N) is 3. The lowest BCUT2D eigenvalue weighted by molar-refractivity contribution is 0.0531. The summed E-state index contributed by atoms with van der Waals surface area (Å²) >= 11 is 1.33. The van der Waals surface area contributed by atoms with Gasteiger partial charge in [0.1, 0.15) is 9.88 Å². The van der Waals surface area contributed by atoms with Crippen LogP contribution in [-0.2, 0) is 11.3 Å².